The van der Waals surface area contributed by atoms with Crippen LogP contribution in [0.5, 0.6) is 0 Å². The van der Waals surface area contributed by atoms with Gasteiger partial charge in [0, 0.05) is 13.3 Å². The van der Waals surface area contributed by atoms with E-state index < -0.39 is 30.4 Å². The van der Waals surface area contributed by atoms with Gasteiger partial charge in [0.1, 0.15) is 16.6 Å². The fourth-order valence-electron chi connectivity index (χ4n) is 2.45. The molecule has 2 amide bonds. The Bertz CT molecular complexity index is 991. The number of anilines is 1. The second-order valence-electron chi connectivity index (χ2n) is 5.94. The number of esters is 2. The summed E-state index contributed by atoms with van der Waals surface area (Å²) >= 11 is 2.10. The van der Waals surface area contributed by atoms with Crippen molar-refractivity contribution in [3.63, 3.8) is 0 Å². The first kappa shape index (κ1) is 24.3. The van der Waals surface area contributed by atoms with Gasteiger partial charge in [-0.05, 0) is 30.9 Å². The molecule has 166 valence electrons. The van der Waals surface area contributed by atoms with Gasteiger partial charge >= 0.3 is 11.9 Å². The zero-order valence-corrected chi connectivity index (χ0v) is 18.7. The molecular weight excluding hydrogens is 446 g/mol. The van der Waals surface area contributed by atoms with Crippen molar-refractivity contribution >= 4 is 51.9 Å². The second kappa shape index (κ2) is 11.4. The van der Waals surface area contributed by atoms with Crippen LogP contribution < -0.4 is 11.1 Å². The summed E-state index contributed by atoms with van der Waals surface area (Å²) in [6.07, 6.45) is 3.30. The molecule has 0 fully saturated rings. The summed E-state index contributed by atoms with van der Waals surface area (Å²) in [5.74, 6) is -2.91. The summed E-state index contributed by atoms with van der Waals surface area (Å²) in [4.78, 5) is 52.8. The molecule has 10 nitrogen and oxygen atoms in total. The first-order valence-electron chi connectivity index (χ1n) is 8.85. The Balaban J connectivity index is 2.12. The highest BCUT2D eigenvalue weighted by molar-refractivity contribution is 7.98. The van der Waals surface area contributed by atoms with Crippen LogP contribution in [0.4, 0.5) is 5.00 Å². The van der Waals surface area contributed by atoms with Gasteiger partial charge in [0.05, 0.1) is 22.6 Å². The van der Waals surface area contributed by atoms with Gasteiger partial charge in [0.25, 0.3) is 11.8 Å². The minimum absolute atomic E-state index is 0.00603. The highest BCUT2D eigenvalue weighted by Crippen LogP contribution is 2.33. The lowest BCUT2D eigenvalue weighted by Gasteiger charge is -2.09. The van der Waals surface area contributed by atoms with Gasteiger partial charge in [-0.15, -0.1) is 23.1 Å². The number of hydrogen-bond donors (Lipinski definition) is 2. The number of nitrogens with two attached hydrogens (primary N) is 1. The van der Waals surface area contributed by atoms with E-state index in [1.54, 1.807) is 12.3 Å². The van der Waals surface area contributed by atoms with E-state index in [2.05, 4.69) is 10.3 Å². The molecule has 2 rings (SSSR count). The minimum Gasteiger partial charge on any atom is -0.460 e. The number of nitrogens with zero attached hydrogens (tertiary/aromatic N) is 1. The van der Waals surface area contributed by atoms with Crippen LogP contribution in [0.2, 0.25) is 0 Å². The number of aromatic nitrogens is 1. The number of methoxy groups -OCH3 is 1. The molecule has 0 spiro atoms. The summed E-state index contributed by atoms with van der Waals surface area (Å²) in [5.41, 5.74) is 5.87. The first-order valence-corrected chi connectivity index (χ1v) is 10.9. The third-order valence-electron chi connectivity index (χ3n) is 3.87. The van der Waals surface area contributed by atoms with E-state index in [0.717, 1.165) is 11.3 Å². The molecule has 0 bridgehead atoms. The van der Waals surface area contributed by atoms with E-state index >= 15 is 0 Å². The topological polar surface area (TPSA) is 147 Å². The number of hydrogen-bond acceptors (Lipinski definition) is 10. The lowest BCUT2D eigenvalue weighted by Crippen LogP contribution is -2.22. The fourth-order valence-corrected chi connectivity index (χ4v) is 4.05. The van der Waals surface area contributed by atoms with Crippen molar-refractivity contribution in [3.8, 4) is 0 Å². The van der Waals surface area contributed by atoms with Crippen LogP contribution in [0.15, 0.2) is 23.4 Å². The third kappa shape index (κ3) is 6.26. The number of thiophene rings is 1. The van der Waals surface area contributed by atoms with E-state index in [1.165, 1.54) is 38.1 Å². The van der Waals surface area contributed by atoms with Crippen molar-refractivity contribution < 1.29 is 33.4 Å². The van der Waals surface area contributed by atoms with Gasteiger partial charge in [0.15, 0.2) is 6.61 Å². The van der Waals surface area contributed by atoms with Gasteiger partial charge in [-0.1, -0.05) is 0 Å². The Morgan fingerprint density at radius 2 is 1.94 bits per heavy atom. The Labute approximate surface area is 186 Å². The van der Waals surface area contributed by atoms with Crippen LogP contribution in [0.1, 0.15) is 36.0 Å². The van der Waals surface area contributed by atoms with Gasteiger partial charge in [-0.3, -0.25) is 9.59 Å². The zero-order valence-electron chi connectivity index (χ0n) is 17.1. The number of carbonyl (C=O) groups is 4. The molecule has 0 aromatic carbocycles. The maximum atomic E-state index is 12.4. The molecule has 0 saturated heterocycles. The van der Waals surface area contributed by atoms with Crippen molar-refractivity contribution in [2.24, 2.45) is 5.73 Å². The number of amides is 2. The molecule has 0 aliphatic heterocycles. The lowest BCUT2D eigenvalue weighted by atomic mass is 10.1. The maximum absolute atomic E-state index is 12.4. The highest BCUT2D eigenvalue weighted by atomic mass is 32.2. The molecular formula is C19H21N3O7S2. The number of nitrogens with one attached hydrogen (secondary N) is 1. The summed E-state index contributed by atoms with van der Waals surface area (Å²) in [5, 5.41) is 3.01. The standard InChI is InChI=1S/C19H21N3O7S2/c1-10-13(19(26)28-8-7-27-2)17(31-14(10)15(20)24)22-12(23)9-29-18(25)11-5-4-6-21-16(11)30-3/h4-6H,7-9H2,1-3H3,(H2,20,24)(H,22,23). The molecule has 0 unspecified atom stereocenters. The molecule has 2 aromatic heterocycles. The van der Waals surface area contributed by atoms with Crippen molar-refractivity contribution in [1.29, 1.82) is 0 Å². The minimum atomic E-state index is -0.749. The molecule has 2 aromatic rings. The fraction of sp³-hybridized carbons (Fsp3) is 0.316. The SMILES string of the molecule is COCCOC(=O)c1c(NC(=O)COC(=O)c2cccnc2SC)sc(C(N)=O)c1C. The Hall–Kier alpha value is -2.96. The van der Waals surface area contributed by atoms with Crippen LogP contribution in [-0.4, -0.2) is 61.9 Å². The number of primary amides is 1. The highest BCUT2D eigenvalue weighted by Gasteiger charge is 2.26. The van der Waals surface area contributed by atoms with Gasteiger partial charge in [-0.2, -0.15) is 0 Å². The number of ether oxygens (including phenoxy) is 3. The number of rotatable bonds is 10. The smallest absolute Gasteiger partial charge is 0.341 e. The summed E-state index contributed by atoms with van der Waals surface area (Å²) in [6.45, 7) is 1.08. The monoisotopic (exact) mass is 467 g/mol. The van der Waals surface area contributed by atoms with Crippen molar-refractivity contribution in [1.82, 2.24) is 4.98 Å². The van der Waals surface area contributed by atoms with Gasteiger partial charge in [0.2, 0.25) is 0 Å². The lowest BCUT2D eigenvalue weighted by molar-refractivity contribution is -0.119. The van der Waals surface area contributed by atoms with E-state index in [1.807, 2.05) is 0 Å². The summed E-state index contributed by atoms with van der Waals surface area (Å²) in [6, 6.07) is 3.12. The van der Waals surface area contributed by atoms with Gasteiger partial charge < -0.3 is 25.3 Å². The number of pyridine rings is 1. The van der Waals surface area contributed by atoms with Crippen molar-refractivity contribution in [2.75, 3.05) is 38.5 Å². The van der Waals surface area contributed by atoms with Crippen molar-refractivity contribution in [2.45, 2.75) is 11.9 Å². The molecule has 31 heavy (non-hydrogen) atoms. The predicted molar refractivity (Wildman–Crippen MR) is 115 cm³/mol. The molecule has 2 heterocycles. The van der Waals surface area contributed by atoms with Crippen LogP contribution in [0, 0.1) is 6.92 Å². The van der Waals surface area contributed by atoms with Gasteiger partial charge in [-0.25, -0.2) is 14.6 Å². The average Bonchev–Trinajstić information content (AvgIpc) is 3.08. The molecule has 12 heteroatoms. The second-order valence-corrected chi connectivity index (χ2v) is 7.75. The van der Waals surface area contributed by atoms with Crippen LogP contribution in [0.3, 0.4) is 0 Å². The quantitative estimate of drug-likeness (QED) is 0.303. The summed E-state index contributed by atoms with van der Waals surface area (Å²) in [7, 11) is 1.45. The number of thioether (sulfide) groups is 1. The van der Waals surface area contributed by atoms with E-state index in [4.69, 9.17) is 19.9 Å². The molecule has 0 radical (unpaired) electrons. The molecule has 3 N–H and O–H groups in total. The van der Waals surface area contributed by atoms with E-state index in [9.17, 15) is 19.2 Å². The van der Waals surface area contributed by atoms with E-state index in [-0.39, 0.29) is 39.8 Å². The largest absolute Gasteiger partial charge is 0.460 e. The van der Waals surface area contributed by atoms with Crippen LogP contribution in [0.25, 0.3) is 0 Å². The summed E-state index contributed by atoms with van der Waals surface area (Å²) < 4.78 is 15.0. The normalized spacial score (nSPS) is 10.4. The molecule has 0 aliphatic rings. The molecule has 0 aliphatic carbocycles. The van der Waals surface area contributed by atoms with Crippen LogP contribution >= 0.6 is 23.1 Å². The molecule has 0 saturated carbocycles. The number of carbonyl (C=O) groups excluding carboxylic acids is 4. The average molecular weight is 468 g/mol. The Morgan fingerprint density at radius 1 is 1.19 bits per heavy atom. The van der Waals surface area contributed by atoms with Crippen molar-refractivity contribution in [3.05, 3.63) is 39.9 Å². The third-order valence-corrected chi connectivity index (χ3v) is 5.80. The maximum Gasteiger partial charge on any atom is 0.341 e. The zero-order chi connectivity index (χ0) is 23.0. The Kier molecular flexibility index (Phi) is 8.97. The first-order chi connectivity index (χ1) is 14.8. The van der Waals surface area contributed by atoms with Crippen LogP contribution in [-0.2, 0) is 19.0 Å². The molecule has 0 atom stereocenters. The Morgan fingerprint density at radius 3 is 2.58 bits per heavy atom. The van der Waals surface area contributed by atoms with E-state index in [0.29, 0.717) is 5.03 Å². The predicted octanol–water partition coefficient (Wildman–Crippen LogP) is 1.87.